The summed E-state index contributed by atoms with van der Waals surface area (Å²) in [5.41, 5.74) is 4.45. The molecule has 0 spiro atoms. The Morgan fingerprint density at radius 2 is 1.88 bits per heavy atom. The van der Waals surface area contributed by atoms with E-state index in [-0.39, 0.29) is 5.91 Å². The Labute approximate surface area is 158 Å². The van der Waals surface area contributed by atoms with E-state index >= 15 is 0 Å². The molecule has 2 aromatic heterocycles. The maximum Gasteiger partial charge on any atom is 0.273 e. The van der Waals surface area contributed by atoms with Gasteiger partial charge in [-0.2, -0.15) is 0 Å². The number of carbonyl (C=O) groups is 1. The van der Waals surface area contributed by atoms with E-state index in [1.54, 1.807) is 23.5 Å². The first-order valence-electron chi connectivity index (χ1n) is 8.64. The number of benzene rings is 1. The molecule has 0 unspecified atom stereocenters. The van der Waals surface area contributed by atoms with Crippen LogP contribution in [0.1, 0.15) is 35.5 Å². The summed E-state index contributed by atoms with van der Waals surface area (Å²) < 4.78 is 0. The summed E-state index contributed by atoms with van der Waals surface area (Å²) in [6.45, 7) is 5.05. The minimum atomic E-state index is -0.0435. The molecule has 0 N–H and O–H groups in total. The Hall–Kier alpha value is -2.72. The second-order valence-electron chi connectivity index (χ2n) is 5.72. The highest BCUT2D eigenvalue weighted by atomic mass is 35.5. The summed E-state index contributed by atoms with van der Waals surface area (Å²) in [6.07, 6.45) is 5.19. The lowest BCUT2D eigenvalue weighted by Crippen LogP contribution is -2.23. The van der Waals surface area contributed by atoms with Crippen molar-refractivity contribution in [3.8, 4) is 11.1 Å². The van der Waals surface area contributed by atoms with Gasteiger partial charge in [-0.1, -0.05) is 49.7 Å². The van der Waals surface area contributed by atoms with Gasteiger partial charge in [0, 0.05) is 47.8 Å². The van der Waals surface area contributed by atoms with Gasteiger partial charge in [-0.25, -0.2) is 0 Å². The van der Waals surface area contributed by atoms with E-state index in [0.29, 0.717) is 23.8 Å². The number of hydrogen-bond donors (Lipinski definition) is 0. The third-order valence-corrected chi connectivity index (χ3v) is 4.50. The van der Waals surface area contributed by atoms with Crippen LogP contribution in [0.4, 0.5) is 0 Å². The first kappa shape index (κ1) is 18.1. The Morgan fingerprint density at radius 3 is 2.58 bits per heavy atom. The molecule has 1 aliphatic heterocycles. The lowest BCUT2D eigenvalue weighted by molar-refractivity contribution is 0.0762. The molecular formula is C21H20ClN3O. The number of nitrogens with zero attached hydrogens (tertiary/aromatic N) is 3. The van der Waals surface area contributed by atoms with E-state index in [2.05, 4.69) is 9.97 Å². The molecule has 4 nitrogen and oxygen atoms in total. The van der Waals surface area contributed by atoms with Crippen LogP contribution in [0.15, 0.2) is 61.1 Å². The van der Waals surface area contributed by atoms with Crippen LogP contribution in [0, 0.1) is 0 Å². The van der Waals surface area contributed by atoms with E-state index in [1.165, 1.54) is 0 Å². The third kappa shape index (κ3) is 3.60. The van der Waals surface area contributed by atoms with Crippen LogP contribution in [0.2, 0.25) is 5.02 Å². The van der Waals surface area contributed by atoms with Gasteiger partial charge in [-0.05, 0) is 29.3 Å². The van der Waals surface area contributed by atoms with Crippen molar-refractivity contribution in [1.82, 2.24) is 14.9 Å². The maximum atomic E-state index is 12.4. The smallest absolute Gasteiger partial charge is 0.273 e. The molecule has 0 atom stereocenters. The molecular weight excluding hydrogens is 346 g/mol. The molecule has 0 fully saturated rings. The zero-order valence-electron chi connectivity index (χ0n) is 14.8. The number of carbonyl (C=O) groups excluding carboxylic acids is 1. The standard InChI is InChI=1S/C19H14ClN3O.C2H6/c20-17-9-13(14-3-1-7-21-10-14)5-6-15(17)11-23-12-16-4-2-8-22-18(16)19(23)24;1-2/h1-10H,11-12H2;1-2H3. The number of aromatic nitrogens is 2. The van der Waals surface area contributed by atoms with E-state index < -0.39 is 0 Å². The maximum absolute atomic E-state index is 12.4. The first-order chi connectivity index (χ1) is 12.7. The van der Waals surface area contributed by atoms with Crippen LogP contribution in [0.25, 0.3) is 11.1 Å². The van der Waals surface area contributed by atoms with Crippen LogP contribution in [-0.4, -0.2) is 20.8 Å². The molecule has 1 aliphatic rings. The van der Waals surface area contributed by atoms with Crippen molar-refractivity contribution in [2.45, 2.75) is 26.9 Å². The Morgan fingerprint density at radius 1 is 1.08 bits per heavy atom. The van der Waals surface area contributed by atoms with Crippen molar-refractivity contribution >= 4 is 17.5 Å². The van der Waals surface area contributed by atoms with Gasteiger partial charge >= 0.3 is 0 Å². The summed E-state index contributed by atoms with van der Waals surface area (Å²) >= 11 is 6.44. The van der Waals surface area contributed by atoms with Crippen LogP contribution in [0.3, 0.4) is 0 Å². The highest BCUT2D eigenvalue weighted by Gasteiger charge is 2.28. The highest BCUT2D eigenvalue weighted by Crippen LogP contribution is 2.28. The summed E-state index contributed by atoms with van der Waals surface area (Å²) in [6, 6.07) is 13.6. The lowest BCUT2D eigenvalue weighted by Gasteiger charge is -2.17. The molecule has 0 aliphatic carbocycles. The molecule has 5 heteroatoms. The lowest BCUT2D eigenvalue weighted by atomic mass is 10.1. The monoisotopic (exact) mass is 365 g/mol. The van der Waals surface area contributed by atoms with Gasteiger partial charge in [0.1, 0.15) is 5.69 Å². The van der Waals surface area contributed by atoms with Crippen molar-refractivity contribution < 1.29 is 4.79 Å². The number of rotatable bonds is 3. The SMILES string of the molecule is CC.O=C1c2ncccc2CN1Cc1ccc(-c2cccnc2)cc1Cl. The Kier molecular flexibility index (Phi) is 5.64. The quantitative estimate of drug-likeness (QED) is 0.657. The van der Waals surface area contributed by atoms with Crippen LogP contribution < -0.4 is 0 Å². The molecule has 3 aromatic rings. The van der Waals surface area contributed by atoms with Crippen molar-refractivity contribution in [2.75, 3.05) is 0 Å². The van der Waals surface area contributed by atoms with Crippen LogP contribution >= 0.6 is 11.6 Å². The number of fused-ring (bicyclic) bond motifs is 1. The summed E-state index contributed by atoms with van der Waals surface area (Å²) in [4.78, 5) is 22.5. The summed E-state index contributed by atoms with van der Waals surface area (Å²) in [5.74, 6) is -0.0435. The Bertz CT molecular complexity index is 912. The highest BCUT2D eigenvalue weighted by molar-refractivity contribution is 6.31. The van der Waals surface area contributed by atoms with Gasteiger partial charge in [-0.3, -0.25) is 14.8 Å². The topological polar surface area (TPSA) is 46.1 Å². The molecule has 0 saturated carbocycles. The van der Waals surface area contributed by atoms with Crippen molar-refractivity contribution in [3.05, 3.63) is 82.9 Å². The van der Waals surface area contributed by atoms with E-state index in [0.717, 1.165) is 22.3 Å². The Balaban J connectivity index is 0.000000948. The van der Waals surface area contributed by atoms with Gasteiger partial charge < -0.3 is 4.90 Å². The first-order valence-corrected chi connectivity index (χ1v) is 9.02. The third-order valence-electron chi connectivity index (χ3n) is 4.15. The fourth-order valence-electron chi connectivity index (χ4n) is 2.91. The van der Waals surface area contributed by atoms with Crippen molar-refractivity contribution in [3.63, 3.8) is 0 Å². The van der Waals surface area contributed by atoms with E-state index in [9.17, 15) is 4.79 Å². The molecule has 3 heterocycles. The minimum Gasteiger partial charge on any atom is -0.329 e. The molecule has 0 bridgehead atoms. The van der Waals surface area contributed by atoms with Gasteiger partial charge in [0.25, 0.3) is 5.91 Å². The fraction of sp³-hybridized carbons (Fsp3) is 0.190. The van der Waals surface area contributed by atoms with E-state index in [1.807, 2.05) is 56.3 Å². The summed E-state index contributed by atoms with van der Waals surface area (Å²) in [5, 5.41) is 0.646. The zero-order chi connectivity index (χ0) is 18.5. The summed E-state index contributed by atoms with van der Waals surface area (Å²) in [7, 11) is 0. The molecule has 0 saturated heterocycles. The van der Waals surface area contributed by atoms with E-state index in [4.69, 9.17) is 11.6 Å². The minimum absolute atomic E-state index is 0.0435. The molecule has 26 heavy (non-hydrogen) atoms. The van der Waals surface area contributed by atoms with Crippen molar-refractivity contribution in [1.29, 1.82) is 0 Å². The molecule has 1 aromatic carbocycles. The predicted octanol–water partition coefficient (Wildman–Crippen LogP) is 4.98. The molecule has 1 amide bonds. The average Bonchev–Trinajstić information content (AvgIpc) is 3.01. The van der Waals surface area contributed by atoms with Gasteiger partial charge in [-0.15, -0.1) is 0 Å². The number of halogens is 1. The fourth-order valence-corrected chi connectivity index (χ4v) is 3.15. The molecule has 132 valence electrons. The van der Waals surface area contributed by atoms with Gasteiger partial charge in [0.2, 0.25) is 0 Å². The average molecular weight is 366 g/mol. The second kappa shape index (κ2) is 8.11. The van der Waals surface area contributed by atoms with Gasteiger partial charge in [0.15, 0.2) is 0 Å². The largest absolute Gasteiger partial charge is 0.329 e. The van der Waals surface area contributed by atoms with Crippen LogP contribution in [0.5, 0.6) is 0 Å². The number of hydrogen-bond acceptors (Lipinski definition) is 3. The number of pyridine rings is 2. The molecule has 0 radical (unpaired) electrons. The normalized spacial score (nSPS) is 12.4. The second-order valence-corrected chi connectivity index (χ2v) is 6.13. The molecule has 4 rings (SSSR count). The number of amides is 1. The van der Waals surface area contributed by atoms with Crippen LogP contribution in [-0.2, 0) is 13.1 Å². The zero-order valence-corrected chi connectivity index (χ0v) is 15.6. The van der Waals surface area contributed by atoms with Crippen molar-refractivity contribution in [2.24, 2.45) is 0 Å². The predicted molar refractivity (Wildman–Crippen MR) is 104 cm³/mol. The van der Waals surface area contributed by atoms with Gasteiger partial charge in [0.05, 0.1) is 0 Å².